The number of aromatic nitrogens is 2. The normalized spacial score (nSPS) is 9.19. The van der Waals surface area contributed by atoms with Gasteiger partial charge in [-0.15, -0.1) is 0 Å². The molecular formula is C10H9ClN2O2S. The van der Waals surface area contributed by atoms with Crippen LogP contribution in [0.25, 0.3) is 0 Å². The summed E-state index contributed by atoms with van der Waals surface area (Å²) in [5, 5.41) is 0.147. The second-order valence-corrected chi connectivity index (χ2v) is 4.13. The Morgan fingerprint density at radius 2 is 2.44 bits per heavy atom. The van der Waals surface area contributed by atoms with E-state index in [0.29, 0.717) is 17.2 Å². The van der Waals surface area contributed by atoms with Gasteiger partial charge < -0.3 is 4.74 Å². The topological polar surface area (TPSA) is 52.1 Å². The van der Waals surface area contributed by atoms with Gasteiger partial charge in [0, 0.05) is 6.92 Å². The van der Waals surface area contributed by atoms with Crippen molar-refractivity contribution in [2.75, 3.05) is 12.9 Å². The fourth-order valence-corrected chi connectivity index (χ4v) is 1.33. The quantitative estimate of drug-likeness (QED) is 0.596. The highest BCUT2D eigenvalue weighted by Crippen LogP contribution is 2.14. The number of methoxy groups -OCH3 is 1. The fourth-order valence-electron chi connectivity index (χ4n) is 0.856. The first-order valence-electron chi connectivity index (χ1n) is 4.32. The number of carbonyl (C=O) groups is 1. The Hall–Kier alpha value is -1.25. The van der Waals surface area contributed by atoms with E-state index in [4.69, 9.17) is 16.3 Å². The highest BCUT2D eigenvalue weighted by molar-refractivity contribution is 8.13. The first-order valence-corrected chi connectivity index (χ1v) is 5.68. The lowest BCUT2D eigenvalue weighted by Gasteiger charge is -2.00. The first kappa shape index (κ1) is 12.8. The number of hydrogen-bond acceptors (Lipinski definition) is 5. The van der Waals surface area contributed by atoms with E-state index in [1.165, 1.54) is 20.2 Å². The van der Waals surface area contributed by atoms with Crippen LogP contribution >= 0.6 is 23.4 Å². The summed E-state index contributed by atoms with van der Waals surface area (Å²) in [6, 6.07) is 0. The molecule has 1 aromatic heterocycles. The second-order valence-electron chi connectivity index (χ2n) is 2.64. The summed E-state index contributed by atoms with van der Waals surface area (Å²) >= 11 is 6.75. The van der Waals surface area contributed by atoms with Crippen LogP contribution in [0, 0.1) is 11.8 Å². The van der Waals surface area contributed by atoms with Crippen molar-refractivity contribution >= 4 is 28.5 Å². The average Bonchev–Trinajstić information content (AvgIpc) is 2.25. The SMILES string of the molecule is COc1nc(Cl)ncc1C#CCSC(C)=O. The van der Waals surface area contributed by atoms with Crippen LogP contribution < -0.4 is 4.74 Å². The minimum absolute atomic E-state index is 0.0358. The van der Waals surface area contributed by atoms with Crippen molar-refractivity contribution in [3.63, 3.8) is 0 Å². The maximum absolute atomic E-state index is 10.7. The molecule has 6 heteroatoms. The van der Waals surface area contributed by atoms with Gasteiger partial charge in [-0.3, -0.25) is 4.79 Å². The summed E-state index contributed by atoms with van der Waals surface area (Å²) in [4.78, 5) is 18.3. The Kier molecular flexibility index (Phi) is 5.09. The lowest BCUT2D eigenvalue weighted by atomic mass is 10.3. The highest BCUT2D eigenvalue weighted by atomic mass is 35.5. The minimum atomic E-state index is 0.0358. The van der Waals surface area contributed by atoms with Crippen LogP contribution in [0.15, 0.2) is 6.20 Å². The number of carbonyl (C=O) groups excluding carboxylic acids is 1. The van der Waals surface area contributed by atoms with Gasteiger partial charge in [-0.05, 0) is 11.6 Å². The summed E-state index contributed by atoms with van der Waals surface area (Å²) in [6.07, 6.45) is 1.49. The van der Waals surface area contributed by atoms with E-state index in [1.807, 2.05) is 0 Å². The molecule has 0 saturated carbocycles. The second kappa shape index (κ2) is 6.36. The standard InChI is InChI=1S/C10H9ClN2O2S/c1-7(14)16-5-3-4-8-6-12-10(11)13-9(8)15-2/h6H,5H2,1-2H3. The molecule has 84 valence electrons. The summed E-state index contributed by atoms with van der Waals surface area (Å²) < 4.78 is 4.99. The van der Waals surface area contributed by atoms with Crippen molar-refractivity contribution in [1.29, 1.82) is 0 Å². The highest BCUT2D eigenvalue weighted by Gasteiger charge is 2.03. The average molecular weight is 257 g/mol. The Morgan fingerprint density at radius 1 is 1.69 bits per heavy atom. The van der Waals surface area contributed by atoms with E-state index in [2.05, 4.69) is 21.8 Å². The molecule has 0 saturated heterocycles. The molecule has 0 atom stereocenters. The van der Waals surface area contributed by atoms with Gasteiger partial charge in [-0.2, -0.15) is 4.98 Å². The van der Waals surface area contributed by atoms with Crippen LogP contribution in [0.3, 0.4) is 0 Å². The van der Waals surface area contributed by atoms with Crippen LogP contribution in [-0.2, 0) is 4.79 Å². The molecule has 0 aromatic carbocycles. The summed E-state index contributed by atoms with van der Waals surface area (Å²) in [5.41, 5.74) is 0.552. The van der Waals surface area contributed by atoms with E-state index < -0.39 is 0 Å². The van der Waals surface area contributed by atoms with E-state index in [9.17, 15) is 4.79 Å². The third-order valence-corrected chi connectivity index (χ3v) is 2.37. The third kappa shape index (κ3) is 4.09. The van der Waals surface area contributed by atoms with Gasteiger partial charge in [-0.25, -0.2) is 4.98 Å². The number of hydrogen-bond donors (Lipinski definition) is 0. The zero-order valence-corrected chi connectivity index (χ0v) is 10.4. The lowest BCUT2D eigenvalue weighted by molar-refractivity contribution is -0.109. The van der Waals surface area contributed by atoms with Crippen molar-refractivity contribution in [1.82, 2.24) is 9.97 Å². The molecule has 0 unspecified atom stereocenters. The minimum Gasteiger partial charge on any atom is -0.480 e. The Balaban J connectivity index is 2.76. The largest absolute Gasteiger partial charge is 0.480 e. The molecule has 0 radical (unpaired) electrons. The molecule has 1 rings (SSSR count). The zero-order chi connectivity index (χ0) is 12.0. The van der Waals surface area contributed by atoms with E-state index in [1.54, 1.807) is 0 Å². The Bertz CT molecular complexity index is 454. The number of halogens is 1. The molecule has 0 spiro atoms. The van der Waals surface area contributed by atoms with Crippen LogP contribution in [0.5, 0.6) is 5.88 Å². The molecule has 0 fully saturated rings. The molecule has 0 bridgehead atoms. The van der Waals surface area contributed by atoms with E-state index in [0.717, 1.165) is 11.8 Å². The van der Waals surface area contributed by atoms with E-state index in [-0.39, 0.29) is 10.4 Å². The van der Waals surface area contributed by atoms with Crippen LogP contribution in [0.4, 0.5) is 0 Å². The van der Waals surface area contributed by atoms with Crippen LogP contribution in [0.1, 0.15) is 12.5 Å². The number of rotatable bonds is 2. The predicted octanol–water partition coefficient (Wildman–Crippen LogP) is 1.77. The Labute approximate surface area is 103 Å². The molecule has 0 amide bonds. The van der Waals surface area contributed by atoms with Crippen molar-refractivity contribution in [2.45, 2.75) is 6.92 Å². The maximum atomic E-state index is 10.7. The van der Waals surface area contributed by atoms with Gasteiger partial charge in [0.2, 0.25) is 11.2 Å². The Morgan fingerprint density at radius 3 is 3.06 bits per heavy atom. The predicted molar refractivity (Wildman–Crippen MR) is 63.6 cm³/mol. The molecule has 0 aliphatic heterocycles. The summed E-state index contributed by atoms with van der Waals surface area (Å²) in [5.74, 6) is 6.40. The molecule has 1 heterocycles. The van der Waals surface area contributed by atoms with E-state index >= 15 is 0 Å². The summed E-state index contributed by atoms with van der Waals surface area (Å²) in [6.45, 7) is 1.50. The molecule has 0 aliphatic rings. The molecule has 4 nitrogen and oxygen atoms in total. The molecule has 0 N–H and O–H groups in total. The number of thioether (sulfide) groups is 1. The molecule has 0 aliphatic carbocycles. The van der Waals surface area contributed by atoms with Gasteiger partial charge in [0.15, 0.2) is 5.12 Å². The third-order valence-electron chi connectivity index (χ3n) is 1.49. The van der Waals surface area contributed by atoms with Gasteiger partial charge in [-0.1, -0.05) is 23.6 Å². The lowest BCUT2D eigenvalue weighted by Crippen LogP contribution is -1.94. The van der Waals surface area contributed by atoms with Gasteiger partial charge in [0.05, 0.1) is 19.1 Å². The van der Waals surface area contributed by atoms with Crippen molar-refractivity contribution in [2.24, 2.45) is 0 Å². The number of nitrogens with zero attached hydrogens (tertiary/aromatic N) is 2. The molecule has 16 heavy (non-hydrogen) atoms. The first-order chi connectivity index (χ1) is 7.63. The van der Waals surface area contributed by atoms with Gasteiger partial charge >= 0.3 is 0 Å². The van der Waals surface area contributed by atoms with Crippen LogP contribution in [0.2, 0.25) is 5.28 Å². The summed E-state index contributed by atoms with van der Waals surface area (Å²) in [7, 11) is 1.48. The maximum Gasteiger partial charge on any atom is 0.233 e. The fraction of sp³-hybridized carbons (Fsp3) is 0.300. The van der Waals surface area contributed by atoms with Gasteiger partial charge in [0.25, 0.3) is 0 Å². The van der Waals surface area contributed by atoms with Gasteiger partial charge in [0.1, 0.15) is 5.56 Å². The number of ether oxygens (including phenoxy) is 1. The zero-order valence-electron chi connectivity index (χ0n) is 8.78. The van der Waals surface area contributed by atoms with Crippen molar-refractivity contribution in [3.8, 4) is 17.7 Å². The molecular weight excluding hydrogens is 248 g/mol. The van der Waals surface area contributed by atoms with Crippen molar-refractivity contribution in [3.05, 3.63) is 17.0 Å². The van der Waals surface area contributed by atoms with Crippen LogP contribution in [-0.4, -0.2) is 27.9 Å². The molecule has 1 aromatic rings. The van der Waals surface area contributed by atoms with Crippen molar-refractivity contribution < 1.29 is 9.53 Å². The smallest absolute Gasteiger partial charge is 0.233 e. The monoisotopic (exact) mass is 256 g/mol.